The number of benzene rings is 1. The van der Waals surface area contributed by atoms with E-state index < -0.39 is 18.0 Å². The molecular weight excluding hydrogens is 244 g/mol. The van der Waals surface area contributed by atoms with Gasteiger partial charge < -0.3 is 15.7 Å². The van der Waals surface area contributed by atoms with Gasteiger partial charge in [-0.05, 0) is 43.0 Å². The lowest BCUT2D eigenvalue weighted by Gasteiger charge is -2.18. The first-order valence-corrected chi connectivity index (χ1v) is 6.18. The van der Waals surface area contributed by atoms with E-state index in [1.54, 1.807) is 13.8 Å². The van der Waals surface area contributed by atoms with Crippen molar-refractivity contribution in [3.05, 3.63) is 29.3 Å². The molecule has 0 aromatic heterocycles. The molecule has 0 aliphatic heterocycles. The van der Waals surface area contributed by atoms with Crippen LogP contribution in [-0.2, 0) is 4.79 Å². The third-order valence-corrected chi connectivity index (χ3v) is 2.70. The van der Waals surface area contributed by atoms with Gasteiger partial charge >= 0.3 is 12.0 Å². The normalized spacial score (nSPS) is 12.1. The second-order valence-electron chi connectivity index (χ2n) is 5.03. The Morgan fingerprint density at radius 2 is 1.63 bits per heavy atom. The predicted octanol–water partition coefficient (Wildman–Crippen LogP) is 2.53. The summed E-state index contributed by atoms with van der Waals surface area (Å²) in [5.74, 6) is -1.21. The zero-order chi connectivity index (χ0) is 14.6. The number of urea groups is 1. The molecular formula is C14H20N2O3. The second kappa shape index (κ2) is 6.22. The van der Waals surface area contributed by atoms with Crippen molar-refractivity contribution in [2.24, 2.45) is 5.92 Å². The second-order valence-corrected chi connectivity index (χ2v) is 5.03. The Bertz CT molecular complexity index is 463. The van der Waals surface area contributed by atoms with E-state index in [0.29, 0.717) is 5.69 Å². The van der Waals surface area contributed by atoms with Crippen molar-refractivity contribution in [1.29, 1.82) is 0 Å². The first-order chi connectivity index (χ1) is 8.79. The summed E-state index contributed by atoms with van der Waals surface area (Å²) in [5.41, 5.74) is 2.73. The molecule has 0 unspecified atom stereocenters. The first kappa shape index (κ1) is 15.0. The molecule has 0 aliphatic rings. The molecule has 0 saturated heterocycles. The Morgan fingerprint density at radius 1 is 1.11 bits per heavy atom. The molecule has 3 N–H and O–H groups in total. The number of carboxylic acid groups (broad SMARTS) is 1. The van der Waals surface area contributed by atoms with Crippen LogP contribution in [0.3, 0.4) is 0 Å². The van der Waals surface area contributed by atoms with Gasteiger partial charge in [0.05, 0.1) is 0 Å². The van der Waals surface area contributed by atoms with Crippen molar-refractivity contribution >= 4 is 17.7 Å². The fourth-order valence-corrected chi connectivity index (χ4v) is 1.87. The monoisotopic (exact) mass is 264 g/mol. The highest BCUT2D eigenvalue weighted by atomic mass is 16.4. The Balaban J connectivity index is 2.71. The van der Waals surface area contributed by atoms with Gasteiger partial charge in [0.1, 0.15) is 6.04 Å². The molecule has 5 nitrogen and oxygen atoms in total. The molecule has 0 radical (unpaired) electrons. The quantitative estimate of drug-likeness (QED) is 0.782. The van der Waals surface area contributed by atoms with Crippen LogP contribution in [0.2, 0.25) is 0 Å². The Labute approximate surface area is 113 Å². The number of aryl methyl sites for hydroxylation is 2. The molecule has 5 heteroatoms. The highest BCUT2D eigenvalue weighted by Gasteiger charge is 2.23. The van der Waals surface area contributed by atoms with Crippen molar-refractivity contribution < 1.29 is 14.7 Å². The number of carboxylic acids is 1. The van der Waals surface area contributed by atoms with E-state index in [2.05, 4.69) is 10.6 Å². The van der Waals surface area contributed by atoms with Crippen molar-refractivity contribution in [2.75, 3.05) is 5.32 Å². The number of hydrogen-bond acceptors (Lipinski definition) is 2. The predicted molar refractivity (Wildman–Crippen MR) is 74.3 cm³/mol. The van der Waals surface area contributed by atoms with E-state index in [1.165, 1.54) is 0 Å². The highest BCUT2D eigenvalue weighted by molar-refractivity contribution is 5.92. The largest absolute Gasteiger partial charge is 0.480 e. The van der Waals surface area contributed by atoms with Crippen molar-refractivity contribution in [1.82, 2.24) is 5.32 Å². The summed E-state index contributed by atoms with van der Waals surface area (Å²) in [7, 11) is 0. The van der Waals surface area contributed by atoms with E-state index in [9.17, 15) is 9.59 Å². The van der Waals surface area contributed by atoms with Crippen LogP contribution >= 0.6 is 0 Å². The van der Waals surface area contributed by atoms with Gasteiger partial charge in [0.2, 0.25) is 0 Å². The van der Waals surface area contributed by atoms with Gasteiger partial charge in [-0.15, -0.1) is 0 Å². The molecule has 0 bridgehead atoms. The average Bonchev–Trinajstić information content (AvgIpc) is 2.23. The number of amides is 2. The minimum absolute atomic E-state index is 0.178. The first-order valence-electron chi connectivity index (χ1n) is 6.18. The van der Waals surface area contributed by atoms with Crippen LogP contribution in [0.25, 0.3) is 0 Å². The van der Waals surface area contributed by atoms with E-state index in [0.717, 1.165) is 11.1 Å². The number of aliphatic carboxylic acids is 1. The molecule has 0 spiro atoms. The number of hydrogen-bond donors (Lipinski definition) is 3. The van der Waals surface area contributed by atoms with Gasteiger partial charge in [-0.3, -0.25) is 0 Å². The van der Waals surface area contributed by atoms with E-state index >= 15 is 0 Å². The summed E-state index contributed by atoms with van der Waals surface area (Å²) in [6.45, 7) is 7.36. The lowest BCUT2D eigenvalue weighted by molar-refractivity contribution is -0.140. The summed E-state index contributed by atoms with van der Waals surface area (Å²) in [6.07, 6.45) is 0. The minimum Gasteiger partial charge on any atom is -0.480 e. The number of carbonyl (C=O) groups excluding carboxylic acids is 1. The third-order valence-electron chi connectivity index (χ3n) is 2.70. The van der Waals surface area contributed by atoms with Crippen molar-refractivity contribution in [3.63, 3.8) is 0 Å². The summed E-state index contributed by atoms with van der Waals surface area (Å²) in [4.78, 5) is 22.8. The van der Waals surface area contributed by atoms with Gasteiger partial charge in [-0.25, -0.2) is 9.59 Å². The summed E-state index contributed by atoms with van der Waals surface area (Å²) >= 11 is 0. The van der Waals surface area contributed by atoms with Gasteiger partial charge in [-0.1, -0.05) is 19.9 Å². The van der Waals surface area contributed by atoms with Crippen molar-refractivity contribution in [2.45, 2.75) is 33.7 Å². The SMILES string of the molecule is Cc1cc(C)cc(NC(=O)N[C@H](C(=O)O)C(C)C)c1. The lowest BCUT2D eigenvalue weighted by atomic mass is 10.1. The summed E-state index contributed by atoms with van der Waals surface area (Å²) in [6, 6.07) is 4.25. The molecule has 0 fully saturated rings. The van der Waals surface area contributed by atoms with E-state index in [-0.39, 0.29) is 5.92 Å². The molecule has 1 atom stereocenters. The molecule has 0 saturated carbocycles. The van der Waals surface area contributed by atoms with Crippen LogP contribution in [0.5, 0.6) is 0 Å². The number of carbonyl (C=O) groups is 2. The Morgan fingerprint density at radius 3 is 2.05 bits per heavy atom. The van der Waals surface area contributed by atoms with Crippen LogP contribution < -0.4 is 10.6 Å². The number of rotatable bonds is 4. The molecule has 0 heterocycles. The van der Waals surface area contributed by atoms with E-state index in [4.69, 9.17) is 5.11 Å². The van der Waals surface area contributed by atoms with Gasteiger partial charge in [0, 0.05) is 5.69 Å². The standard InChI is InChI=1S/C14H20N2O3/c1-8(2)12(13(17)18)16-14(19)15-11-6-9(3)5-10(4)7-11/h5-8,12H,1-4H3,(H,17,18)(H2,15,16,19)/t12-/m0/s1. The smallest absolute Gasteiger partial charge is 0.326 e. The minimum atomic E-state index is -1.04. The maximum absolute atomic E-state index is 11.8. The van der Waals surface area contributed by atoms with Gasteiger partial charge in [0.25, 0.3) is 0 Å². The lowest BCUT2D eigenvalue weighted by Crippen LogP contribution is -2.46. The molecule has 2 amide bonds. The topological polar surface area (TPSA) is 78.4 Å². The van der Waals surface area contributed by atoms with Gasteiger partial charge in [-0.2, -0.15) is 0 Å². The number of nitrogens with one attached hydrogen (secondary N) is 2. The highest BCUT2D eigenvalue weighted by Crippen LogP contribution is 2.13. The van der Waals surface area contributed by atoms with Crippen LogP contribution in [0.1, 0.15) is 25.0 Å². The summed E-state index contributed by atoms with van der Waals surface area (Å²) in [5, 5.41) is 14.1. The molecule has 0 aliphatic carbocycles. The fourth-order valence-electron chi connectivity index (χ4n) is 1.87. The van der Waals surface area contributed by atoms with Gasteiger partial charge in [0.15, 0.2) is 0 Å². The molecule has 19 heavy (non-hydrogen) atoms. The van der Waals surface area contributed by atoms with E-state index in [1.807, 2.05) is 32.0 Å². The van der Waals surface area contributed by atoms with Crippen LogP contribution in [0.4, 0.5) is 10.5 Å². The zero-order valence-corrected chi connectivity index (χ0v) is 11.7. The number of anilines is 1. The van der Waals surface area contributed by atoms with Crippen LogP contribution in [0.15, 0.2) is 18.2 Å². The maximum Gasteiger partial charge on any atom is 0.326 e. The summed E-state index contributed by atoms with van der Waals surface area (Å²) < 4.78 is 0. The molecule has 1 aromatic rings. The molecule has 1 rings (SSSR count). The Hall–Kier alpha value is -2.04. The van der Waals surface area contributed by atoms with Crippen molar-refractivity contribution in [3.8, 4) is 0 Å². The molecule has 104 valence electrons. The Kier molecular flexibility index (Phi) is 4.92. The third kappa shape index (κ3) is 4.62. The van der Waals surface area contributed by atoms with Crippen LogP contribution in [-0.4, -0.2) is 23.1 Å². The average molecular weight is 264 g/mol. The fraction of sp³-hybridized carbons (Fsp3) is 0.429. The van der Waals surface area contributed by atoms with Crippen LogP contribution in [0, 0.1) is 19.8 Å². The maximum atomic E-state index is 11.8. The molecule has 1 aromatic carbocycles. The zero-order valence-electron chi connectivity index (χ0n) is 11.7.